The number of benzene rings is 2. The SMILES string of the molecule is Nc1c(CN2CCOCC2)ccc2[nH]cc(C(=O)NCc3ccc(Cl)cc3)c(=O)c12. The first-order chi connectivity index (χ1) is 14.5. The van der Waals surface area contributed by atoms with Crippen molar-refractivity contribution in [1.82, 2.24) is 15.2 Å². The molecule has 2 heterocycles. The van der Waals surface area contributed by atoms with Crippen LogP contribution in [-0.2, 0) is 17.8 Å². The number of H-pyrrole nitrogens is 1. The highest BCUT2D eigenvalue weighted by Gasteiger charge is 2.18. The zero-order valence-corrected chi connectivity index (χ0v) is 17.2. The van der Waals surface area contributed by atoms with Crippen molar-refractivity contribution >= 4 is 34.1 Å². The van der Waals surface area contributed by atoms with Gasteiger partial charge in [0.15, 0.2) is 0 Å². The lowest BCUT2D eigenvalue weighted by atomic mass is 10.0. The number of nitrogen functional groups attached to an aromatic ring is 1. The quantitative estimate of drug-likeness (QED) is 0.544. The molecule has 0 aliphatic carbocycles. The third-order valence-corrected chi connectivity index (χ3v) is 5.54. The van der Waals surface area contributed by atoms with Crippen molar-refractivity contribution in [3.8, 4) is 0 Å². The number of halogens is 1. The molecule has 4 rings (SSSR count). The van der Waals surface area contributed by atoms with Gasteiger partial charge in [0.05, 0.1) is 24.1 Å². The Bertz CT molecular complexity index is 1120. The van der Waals surface area contributed by atoms with Crippen LogP contribution in [0.4, 0.5) is 5.69 Å². The van der Waals surface area contributed by atoms with Gasteiger partial charge in [-0.2, -0.15) is 0 Å². The van der Waals surface area contributed by atoms with Crippen LogP contribution in [0.5, 0.6) is 0 Å². The fourth-order valence-electron chi connectivity index (χ4n) is 3.56. The van der Waals surface area contributed by atoms with Crippen LogP contribution in [0.3, 0.4) is 0 Å². The first kappa shape index (κ1) is 20.4. The van der Waals surface area contributed by atoms with Crippen LogP contribution in [0.25, 0.3) is 10.9 Å². The van der Waals surface area contributed by atoms with E-state index in [0.29, 0.717) is 47.9 Å². The van der Waals surface area contributed by atoms with Crippen molar-refractivity contribution in [2.45, 2.75) is 13.1 Å². The Morgan fingerprint density at radius 3 is 2.63 bits per heavy atom. The summed E-state index contributed by atoms with van der Waals surface area (Å²) in [6, 6.07) is 10.9. The first-order valence-electron chi connectivity index (χ1n) is 9.78. The Labute approximate surface area is 178 Å². The van der Waals surface area contributed by atoms with Crippen LogP contribution in [0.2, 0.25) is 5.02 Å². The highest BCUT2D eigenvalue weighted by Crippen LogP contribution is 2.23. The monoisotopic (exact) mass is 426 g/mol. The Morgan fingerprint density at radius 2 is 1.90 bits per heavy atom. The summed E-state index contributed by atoms with van der Waals surface area (Å²) >= 11 is 5.88. The number of pyridine rings is 1. The highest BCUT2D eigenvalue weighted by atomic mass is 35.5. The van der Waals surface area contributed by atoms with Gasteiger partial charge in [0, 0.05) is 43.1 Å². The van der Waals surface area contributed by atoms with Gasteiger partial charge in [0.1, 0.15) is 5.56 Å². The molecule has 0 atom stereocenters. The van der Waals surface area contributed by atoms with Gasteiger partial charge in [-0.3, -0.25) is 14.5 Å². The standard InChI is InChI=1S/C22H23ClN4O3/c23-16-4-1-14(2-5-16)11-26-22(29)17-12-25-18-6-3-15(20(24)19(18)21(17)28)13-27-7-9-30-10-8-27/h1-6,12H,7-11,13,24H2,(H,25,28)(H,26,29). The predicted molar refractivity (Wildman–Crippen MR) is 118 cm³/mol. The minimum Gasteiger partial charge on any atom is -0.398 e. The van der Waals surface area contributed by atoms with Crippen molar-refractivity contribution in [2.75, 3.05) is 32.0 Å². The summed E-state index contributed by atoms with van der Waals surface area (Å²) in [4.78, 5) is 31.0. The number of morpholine rings is 1. The van der Waals surface area contributed by atoms with Crippen molar-refractivity contribution in [3.05, 3.63) is 74.5 Å². The fourth-order valence-corrected chi connectivity index (χ4v) is 3.69. The zero-order valence-electron chi connectivity index (χ0n) is 16.4. The summed E-state index contributed by atoms with van der Waals surface area (Å²) in [7, 11) is 0. The molecule has 0 bridgehead atoms. The molecule has 2 aromatic carbocycles. The number of nitrogens with one attached hydrogen (secondary N) is 2. The molecule has 7 nitrogen and oxygen atoms in total. The van der Waals surface area contributed by atoms with E-state index in [1.807, 2.05) is 24.3 Å². The van der Waals surface area contributed by atoms with Gasteiger partial charge in [-0.15, -0.1) is 0 Å². The molecule has 1 saturated heterocycles. The molecule has 4 N–H and O–H groups in total. The highest BCUT2D eigenvalue weighted by molar-refractivity contribution is 6.30. The summed E-state index contributed by atoms with van der Waals surface area (Å²) in [5.74, 6) is -0.453. The van der Waals surface area contributed by atoms with E-state index in [2.05, 4.69) is 15.2 Å². The van der Waals surface area contributed by atoms with E-state index in [1.54, 1.807) is 12.1 Å². The predicted octanol–water partition coefficient (Wildman–Crippen LogP) is 2.53. The summed E-state index contributed by atoms with van der Waals surface area (Å²) in [5.41, 5.74) is 8.79. The minimum atomic E-state index is -0.453. The Kier molecular flexibility index (Phi) is 6.03. The lowest BCUT2D eigenvalue weighted by molar-refractivity contribution is 0.0343. The normalized spacial score (nSPS) is 14.7. The molecule has 1 aromatic heterocycles. The largest absolute Gasteiger partial charge is 0.398 e. The number of hydrogen-bond donors (Lipinski definition) is 3. The number of rotatable bonds is 5. The molecule has 156 valence electrons. The number of anilines is 1. The van der Waals surface area contributed by atoms with E-state index in [9.17, 15) is 9.59 Å². The second-order valence-electron chi connectivity index (χ2n) is 7.29. The molecular formula is C22H23ClN4O3. The van der Waals surface area contributed by atoms with Gasteiger partial charge < -0.3 is 20.8 Å². The third-order valence-electron chi connectivity index (χ3n) is 5.29. The molecule has 1 fully saturated rings. The van der Waals surface area contributed by atoms with Crippen LogP contribution in [0, 0.1) is 0 Å². The number of nitrogens with two attached hydrogens (primary N) is 1. The van der Waals surface area contributed by atoms with Crippen LogP contribution >= 0.6 is 11.6 Å². The molecule has 30 heavy (non-hydrogen) atoms. The second-order valence-corrected chi connectivity index (χ2v) is 7.73. The molecule has 1 amide bonds. The van der Waals surface area contributed by atoms with Crippen molar-refractivity contribution in [3.63, 3.8) is 0 Å². The van der Waals surface area contributed by atoms with E-state index in [4.69, 9.17) is 22.1 Å². The van der Waals surface area contributed by atoms with Crippen LogP contribution < -0.4 is 16.5 Å². The lowest BCUT2D eigenvalue weighted by Gasteiger charge is -2.27. The fraction of sp³-hybridized carbons (Fsp3) is 0.273. The Hall–Kier alpha value is -2.87. The maximum Gasteiger partial charge on any atom is 0.257 e. The summed E-state index contributed by atoms with van der Waals surface area (Å²) < 4.78 is 5.38. The van der Waals surface area contributed by atoms with E-state index < -0.39 is 5.91 Å². The van der Waals surface area contributed by atoms with Crippen LogP contribution in [0.15, 0.2) is 47.4 Å². The Morgan fingerprint density at radius 1 is 1.17 bits per heavy atom. The zero-order chi connectivity index (χ0) is 21.1. The average Bonchev–Trinajstić information content (AvgIpc) is 2.76. The summed E-state index contributed by atoms with van der Waals surface area (Å²) in [5, 5.41) is 3.75. The number of carbonyl (C=O) groups is 1. The van der Waals surface area contributed by atoms with E-state index >= 15 is 0 Å². The molecule has 0 unspecified atom stereocenters. The molecule has 8 heteroatoms. The van der Waals surface area contributed by atoms with Crippen LogP contribution in [0.1, 0.15) is 21.5 Å². The third kappa shape index (κ3) is 4.33. The maximum absolute atomic E-state index is 13.1. The van der Waals surface area contributed by atoms with Gasteiger partial charge in [-0.1, -0.05) is 29.8 Å². The molecule has 0 spiro atoms. The van der Waals surface area contributed by atoms with Gasteiger partial charge in [0.2, 0.25) is 5.43 Å². The molecular weight excluding hydrogens is 404 g/mol. The number of carbonyl (C=O) groups excluding carboxylic acids is 1. The molecule has 1 aliphatic heterocycles. The summed E-state index contributed by atoms with van der Waals surface area (Å²) in [6.07, 6.45) is 1.43. The number of amides is 1. The van der Waals surface area contributed by atoms with Gasteiger partial charge in [-0.25, -0.2) is 0 Å². The second kappa shape index (κ2) is 8.87. The summed E-state index contributed by atoms with van der Waals surface area (Å²) in [6.45, 7) is 3.94. The first-order valence-corrected chi connectivity index (χ1v) is 10.2. The minimum absolute atomic E-state index is 0.0340. The van der Waals surface area contributed by atoms with Crippen LogP contribution in [-0.4, -0.2) is 42.1 Å². The van der Waals surface area contributed by atoms with E-state index in [-0.39, 0.29) is 11.0 Å². The average molecular weight is 427 g/mol. The smallest absolute Gasteiger partial charge is 0.257 e. The van der Waals surface area contributed by atoms with Gasteiger partial charge in [-0.05, 0) is 29.3 Å². The molecule has 0 radical (unpaired) electrons. The Balaban J connectivity index is 1.58. The number of fused-ring (bicyclic) bond motifs is 1. The van der Waals surface area contributed by atoms with Crippen molar-refractivity contribution in [2.24, 2.45) is 0 Å². The molecule has 3 aromatic rings. The van der Waals surface area contributed by atoms with E-state index in [0.717, 1.165) is 24.2 Å². The van der Waals surface area contributed by atoms with Gasteiger partial charge >= 0.3 is 0 Å². The number of nitrogens with zero attached hydrogens (tertiary/aromatic N) is 1. The number of hydrogen-bond acceptors (Lipinski definition) is 5. The number of aromatic nitrogens is 1. The topological polar surface area (TPSA) is 100 Å². The van der Waals surface area contributed by atoms with Crippen molar-refractivity contribution in [1.29, 1.82) is 0 Å². The lowest BCUT2D eigenvalue weighted by Crippen LogP contribution is -2.36. The number of aromatic amines is 1. The molecule has 1 aliphatic rings. The number of ether oxygens (including phenoxy) is 1. The van der Waals surface area contributed by atoms with Gasteiger partial charge in [0.25, 0.3) is 5.91 Å². The van der Waals surface area contributed by atoms with Crippen molar-refractivity contribution < 1.29 is 9.53 Å². The van der Waals surface area contributed by atoms with E-state index in [1.165, 1.54) is 6.20 Å². The molecule has 0 saturated carbocycles. The maximum atomic E-state index is 13.1.